The van der Waals surface area contributed by atoms with E-state index in [1.165, 1.54) is 23.7 Å². The van der Waals surface area contributed by atoms with Crippen LogP contribution in [0.2, 0.25) is 0 Å². The van der Waals surface area contributed by atoms with Crippen LogP contribution in [0.15, 0.2) is 12.3 Å². The van der Waals surface area contributed by atoms with Gasteiger partial charge in [0.15, 0.2) is 0 Å². The molecule has 8 saturated carbocycles. The van der Waals surface area contributed by atoms with Crippen molar-refractivity contribution in [2.75, 3.05) is 0 Å². The molecule has 0 radical (unpaired) electrons. The lowest BCUT2D eigenvalue weighted by molar-refractivity contribution is 0.656. The maximum atomic E-state index is 4.92. The molecule has 8 fully saturated rings. The van der Waals surface area contributed by atoms with Gasteiger partial charge in [0.1, 0.15) is 0 Å². The molecule has 1 heteroatoms. The molecule has 18 heavy (non-hydrogen) atoms. The van der Waals surface area contributed by atoms with E-state index in [1.807, 2.05) is 0 Å². The fourth-order valence-electron chi connectivity index (χ4n) is 6.41. The van der Waals surface area contributed by atoms with E-state index in [4.69, 9.17) is 5.73 Å². The molecule has 8 aliphatic rings. The SMILES string of the molecule is C.C.C1C2C13C1CC213.C1C2C13C1CC213.C=C(C)N. The fourth-order valence-corrected chi connectivity index (χ4v) is 6.41. The Morgan fingerprint density at radius 1 is 0.833 bits per heavy atom. The molecule has 0 aliphatic heterocycles. The van der Waals surface area contributed by atoms with Crippen LogP contribution in [0.1, 0.15) is 47.5 Å². The third-order valence-electron chi connectivity index (χ3n) is 7.90. The van der Waals surface area contributed by atoms with Crippen molar-refractivity contribution in [1.29, 1.82) is 0 Å². The summed E-state index contributed by atoms with van der Waals surface area (Å²) in [5, 5.41) is 0. The zero-order valence-corrected chi connectivity index (χ0v) is 9.92. The van der Waals surface area contributed by atoms with Crippen LogP contribution in [-0.2, 0) is 0 Å². The van der Waals surface area contributed by atoms with E-state index in [2.05, 4.69) is 6.58 Å². The van der Waals surface area contributed by atoms with Crippen molar-refractivity contribution in [1.82, 2.24) is 0 Å². The first-order chi connectivity index (χ1) is 7.59. The van der Waals surface area contributed by atoms with Gasteiger partial charge in [0.05, 0.1) is 0 Å². The molecule has 0 heterocycles. The van der Waals surface area contributed by atoms with Gasteiger partial charge in [-0.25, -0.2) is 0 Å². The minimum atomic E-state index is 0. The van der Waals surface area contributed by atoms with Crippen molar-refractivity contribution in [3.8, 4) is 0 Å². The van der Waals surface area contributed by atoms with Gasteiger partial charge < -0.3 is 5.73 Å². The standard InChI is InChI=1S/2C6H6.C3H7N.2CH4/c2*1-3-5(1)4-2-6(3,4)5;1-3(2)4;;/h2*3-4H,1-2H2;1,4H2,2H3;2*1H4. The Bertz CT molecular complexity index is 402. The van der Waals surface area contributed by atoms with Gasteiger partial charge >= 0.3 is 0 Å². The van der Waals surface area contributed by atoms with E-state index in [9.17, 15) is 0 Å². The minimum absolute atomic E-state index is 0. The quantitative estimate of drug-likeness (QED) is 0.690. The third kappa shape index (κ3) is 0.679. The van der Waals surface area contributed by atoms with E-state index in [0.717, 1.165) is 21.7 Å². The predicted molar refractivity (Wildman–Crippen MR) is 74.6 cm³/mol. The summed E-state index contributed by atoms with van der Waals surface area (Å²) >= 11 is 0. The molecule has 0 bridgehead atoms. The summed E-state index contributed by atoms with van der Waals surface area (Å²) in [6, 6.07) is 0. The maximum Gasteiger partial charge on any atom is -0.00242 e. The van der Waals surface area contributed by atoms with E-state index in [1.54, 1.807) is 32.6 Å². The highest BCUT2D eigenvalue weighted by molar-refractivity contribution is 5.63. The number of rotatable bonds is 0. The molecule has 100 valence electrons. The Labute approximate surface area is 111 Å². The van der Waals surface area contributed by atoms with Gasteiger partial charge in [-0.05, 0) is 83.6 Å². The minimum Gasteiger partial charge on any atom is -0.403 e. The van der Waals surface area contributed by atoms with Crippen LogP contribution in [0.5, 0.6) is 0 Å². The number of hydrogen-bond donors (Lipinski definition) is 1. The van der Waals surface area contributed by atoms with Crippen LogP contribution in [0, 0.1) is 45.3 Å². The normalized spacial score (nSPS) is 73.4. The summed E-state index contributed by atoms with van der Waals surface area (Å²) in [6.07, 6.45) is 6.60. The predicted octanol–water partition coefficient (Wildman–Crippen LogP) is 3.80. The van der Waals surface area contributed by atoms with Crippen LogP contribution in [0.3, 0.4) is 0 Å². The lowest BCUT2D eigenvalue weighted by atomic mass is 10.2. The van der Waals surface area contributed by atoms with Gasteiger partial charge in [-0.3, -0.25) is 0 Å². The highest BCUT2D eigenvalue weighted by Gasteiger charge is 3.16. The smallest absolute Gasteiger partial charge is 0.00242 e. The second-order valence-electron chi connectivity index (χ2n) is 8.03. The fraction of sp³-hybridized carbons (Fsp3) is 0.882. The van der Waals surface area contributed by atoms with Crippen molar-refractivity contribution in [3.05, 3.63) is 12.3 Å². The molecule has 0 aromatic carbocycles. The molecule has 0 aromatic rings. The van der Waals surface area contributed by atoms with E-state index < -0.39 is 0 Å². The first-order valence-electron chi connectivity index (χ1n) is 7.00. The molecule has 2 N–H and O–H groups in total. The van der Waals surface area contributed by atoms with Crippen molar-refractivity contribution in [3.63, 3.8) is 0 Å². The Morgan fingerprint density at radius 3 is 1.00 bits per heavy atom. The van der Waals surface area contributed by atoms with E-state index >= 15 is 0 Å². The third-order valence-corrected chi connectivity index (χ3v) is 7.90. The Morgan fingerprint density at radius 2 is 1.00 bits per heavy atom. The van der Waals surface area contributed by atoms with Crippen molar-refractivity contribution in [2.24, 2.45) is 51.1 Å². The first kappa shape index (κ1) is 11.4. The molecule has 0 amide bonds. The molecule has 8 rings (SSSR count). The summed E-state index contributed by atoms with van der Waals surface area (Å²) in [4.78, 5) is 0. The molecule has 8 aliphatic carbocycles. The highest BCUT2D eigenvalue weighted by Crippen LogP contribution is 3.21. The zero-order chi connectivity index (χ0) is 10.7. The van der Waals surface area contributed by atoms with Gasteiger partial charge in [-0.1, -0.05) is 21.4 Å². The largest absolute Gasteiger partial charge is 0.403 e. The van der Waals surface area contributed by atoms with Crippen molar-refractivity contribution < 1.29 is 0 Å². The summed E-state index contributed by atoms with van der Waals surface area (Å²) in [7, 11) is 0. The van der Waals surface area contributed by atoms with Gasteiger partial charge in [-0.15, -0.1) is 0 Å². The number of hydrogen-bond acceptors (Lipinski definition) is 1. The van der Waals surface area contributed by atoms with Gasteiger partial charge in [0, 0.05) is 0 Å². The van der Waals surface area contributed by atoms with Crippen LogP contribution in [0.4, 0.5) is 0 Å². The molecule has 0 atom stereocenters. The Kier molecular flexibility index (Phi) is 1.39. The topological polar surface area (TPSA) is 26.0 Å². The van der Waals surface area contributed by atoms with Gasteiger partial charge in [-0.2, -0.15) is 0 Å². The Hall–Kier alpha value is -0.460. The molecule has 0 unspecified atom stereocenters. The van der Waals surface area contributed by atoms with Crippen LogP contribution in [0.25, 0.3) is 0 Å². The highest BCUT2D eigenvalue weighted by atomic mass is 15.2. The number of nitrogens with two attached hydrogens (primary N) is 1. The molecule has 0 aromatic heterocycles. The lowest BCUT2D eigenvalue weighted by Crippen LogP contribution is -1.83. The molecule has 0 saturated heterocycles. The Balaban J connectivity index is 0.0000000720. The first-order valence-corrected chi connectivity index (χ1v) is 7.00. The molecule has 1 nitrogen and oxygen atoms in total. The summed E-state index contributed by atoms with van der Waals surface area (Å²) in [5.41, 5.74) is 10.1. The second kappa shape index (κ2) is 2.21. The molecular formula is C17H27N. The van der Waals surface area contributed by atoms with Crippen LogP contribution in [-0.4, -0.2) is 0 Å². The van der Waals surface area contributed by atoms with Crippen LogP contribution < -0.4 is 5.73 Å². The van der Waals surface area contributed by atoms with Crippen LogP contribution >= 0.6 is 0 Å². The lowest BCUT2D eigenvalue weighted by Gasteiger charge is -1.83. The average Bonchev–Trinajstić information content (AvgIpc) is 3.09. The number of allylic oxidation sites excluding steroid dienone is 1. The monoisotopic (exact) mass is 245 g/mol. The van der Waals surface area contributed by atoms with Crippen molar-refractivity contribution in [2.45, 2.75) is 47.5 Å². The molecule has 4 spiro atoms. The van der Waals surface area contributed by atoms with Crippen molar-refractivity contribution >= 4 is 0 Å². The van der Waals surface area contributed by atoms with Gasteiger partial charge in [0.25, 0.3) is 0 Å². The van der Waals surface area contributed by atoms with E-state index in [-0.39, 0.29) is 14.9 Å². The summed E-state index contributed by atoms with van der Waals surface area (Å²) < 4.78 is 0. The van der Waals surface area contributed by atoms with Gasteiger partial charge in [0.2, 0.25) is 0 Å². The average molecular weight is 245 g/mol. The summed E-state index contributed by atoms with van der Waals surface area (Å²) in [6.45, 7) is 5.08. The van der Waals surface area contributed by atoms with E-state index in [0.29, 0.717) is 5.70 Å². The zero-order valence-electron chi connectivity index (χ0n) is 9.92. The second-order valence-corrected chi connectivity index (χ2v) is 8.03. The summed E-state index contributed by atoms with van der Waals surface area (Å²) in [5.74, 6) is 5.26. The molecular weight excluding hydrogens is 218 g/mol. The maximum absolute atomic E-state index is 4.92.